The lowest BCUT2D eigenvalue weighted by Gasteiger charge is -2.10. The van der Waals surface area contributed by atoms with Crippen LogP contribution in [0.3, 0.4) is 0 Å². The Labute approximate surface area is 123 Å². The van der Waals surface area contributed by atoms with Crippen molar-refractivity contribution in [3.8, 4) is 17.0 Å². The van der Waals surface area contributed by atoms with Crippen LogP contribution in [0.25, 0.3) is 22.2 Å². The van der Waals surface area contributed by atoms with Gasteiger partial charge in [0.1, 0.15) is 22.9 Å². The summed E-state index contributed by atoms with van der Waals surface area (Å²) >= 11 is 0. The Balaban J connectivity index is 2.37. The number of hydrogen-bond donors (Lipinski definition) is 2. The monoisotopic (exact) mass is 301 g/mol. The van der Waals surface area contributed by atoms with E-state index in [4.69, 9.17) is 0 Å². The Morgan fingerprint density at radius 1 is 1.00 bits per heavy atom. The molecule has 0 atom stereocenters. The van der Waals surface area contributed by atoms with Gasteiger partial charge in [-0.25, -0.2) is 18.6 Å². The third-order valence-electron chi connectivity index (χ3n) is 3.25. The van der Waals surface area contributed by atoms with Crippen LogP contribution in [0.2, 0.25) is 0 Å². The van der Waals surface area contributed by atoms with Crippen LogP contribution in [0.5, 0.6) is 5.75 Å². The lowest BCUT2D eigenvalue weighted by molar-refractivity contribution is 0.0696. The number of aromatic hydroxyl groups is 1. The van der Waals surface area contributed by atoms with Gasteiger partial charge in [-0.2, -0.15) is 0 Å². The summed E-state index contributed by atoms with van der Waals surface area (Å²) in [6, 6.07) is 8.56. The number of carboxylic acids is 1. The van der Waals surface area contributed by atoms with Gasteiger partial charge < -0.3 is 10.2 Å². The fourth-order valence-electron chi connectivity index (χ4n) is 2.25. The molecule has 0 saturated heterocycles. The molecule has 1 heterocycles. The molecule has 0 spiro atoms. The number of halogens is 2. The molecule has 0 fully saturated rings. The first-order valence-corrected chi connectivity index (χ1v) is 6.29. The molecule has 3 aromatic rings. The standard InChI is InChI=1S/C16H9F2NO3/c17-9-3-1-8(2-4-9)14-15(20)13(16(21)22)11-7-10(18)5-6-12(11)19-14/h1-7,20H,(H,21,22). The van der Waals surface area contributed by atoms with E-state index >= 15 is 0 Å². The highest BCUT2D eigenvalue weighted by Crippen LogP contribution is 2.35. The van der Waals surface area contributed by atoms with Crippen LogP contribution < -0.4 is 0 Å². The van der Waals surface area contributed by atoms with E-state index in [0.29, 0.717) is 5.56 Å². The normalized spacial score (nSPS) is 10.8. The average Bonchev–Trinajstić information content (AvgIpc) is 2.47. The summed E-state index contributed by atoms with van der Waals surface area (Å²) in [7, 11) is 0. The molecule has 4 nitrogen and oxygen atoms in total. The van der Waals surface area contributed by atoms with E-state index < -0.39 is 28.9 Å². The molecule has 2 aromatic carbocycles. The highest BCUT2D eigenvalue weighted by atomic mass is 19.1. The zero-order valence-electron chi connectivity index (χ0n) is 11.0. The molecule has 0 aliphatic heterocycles. The number of aromatic nitrogens is 1. The van der Waals surface area contributed by atoms with E-state index in [-0.39, 0.29) is 16.6 Å². The van der Waals surface area contributed by atoms with Gasteiger partial charge in [-0.05, 0) is 42.5 Å². The predicted octanol–water partition coefficient (Wildman–Crippen LogP) is 3.58. The second-order valence-corrected chi connectivity index (χ2v) is 4.66. The van der Waals surface area contributed by atoms with Crippen LogP contribution in [-0.4, -0.2) is 21.2 Å². The summed E-state index contributed by atoms with van der Waals surface area (Å²) in [5.74, 6) is -3.09. The molecular weight excluding hydrogens is 292 g/mol. The van der Waals surface area contributed by atoms with Crippen molar-refractivity contribution < 1.29 is 23.8 Å². The zero-order chi connectivity index (χ0) is 15.9. The van der Waals surface area contributed by atoms with E-state index in [9.17, 15) is 23.8 Å². The molecule has 0 amide bonds. The summed E-state index contributed by atoms with van der Waals surface area (Å²) in [6.45, 7) is 0. The van der Waals surface area contributed by atoms with Gasteiger partial charge in [-0.1, -0.05) is 0 Å². The summed E-state index contributed by atoms with van der Waals surface area (Å²) in [6.07, 6.45) is 0. The smallest absolute Gasteiger partial charge is 0.340 e. The number of benzene rings is 2. The number of nitrogens with zero attached hydrogens (tertiary/aromatic N) is 1. The Kier molecular flexibility index (Phi) is 3.21. The molecule has 0 saturated carbocycles. The van der Waals surface area contributed by atoms with Crippen molar-refractivity contribution in [3.05, 3.63) is 59.7 Å². The fourth-order valence-corrected chi connectivity index (χ4v) is 2.25. The Hall–Kier alpha value is -3.02. The molecule has 2 N–H and O–H groups in total. The van der Waals surface area contributed by atoms with E-state index in [1.54, 1.807) is 0 Å². The minimum absolute atomic E-state index is 0.00323. The lowest BCUT2D eigenvalue weighted by Crippen LogP contribution is -2.02. The maximum Gasteiger partial charge on any atom is 0.340 e. The average molecular weight is 301 g/mol. The second-order valence-electron chi connectivity index (χ2n) is 4.66. The topological polar surface area (TPSA) is 70.4 Å². The number of aromatic carboxylic acids is 1. The summed E-state index contributed by atoms with van der Waals surface area (Å²) in [5.41, 5.74) is 0.129. The summed E-state index contributed by atoms with van der Waals surface area (Å²) in [5, 5.41) is 19.5. The highest BCUT2D eigenvalue weighted by Gasteiger charge is 2.21. The van der Waals surface area contributed by atoms with Crippen LogP contribution >= 0.6 is 0 Å². The Morgan fingerprint density at radius 3 is 2.27 bits per heavy atom. The van der Waals surface area contributed by atoms with E-state index in [2.05, 4.69) is 4.98 Å². The number of carbonyl (C=O) groups is 1. The van der Waals surface area contributed by atoms with E-state index in [1.807, 2.05) is 0 Å². The van der Waals surface area contributed by atoms with Crippen molar-refractivity contribution in [3.63, 3.8) is 0 Å². The molecule has 110 valence electrons. The van der Waals surface area contributed by atoms with E-state index in [0.717, 1.165) is 12.1 Å². The molecule has 6 heteroatoms. The van der Waals surface area contributed by atoms with E-state index in [1.165, 1.54) is 30.3 Å². The van der Waals surface area contributed by atoms with Crippen LogP contribution in [0.1, 0.15) is 10.4 Å². The third kappa shape index (κ3) is 2.24. The molecule has 0 aliphatic rings. The zero-order valence-corrected chi connectivity index (χ0v) is 11.0. The van der Waals surface area contributed by atoms with Gasteiger partial charge in [-0.3, -0.25) is 0 Å². The third-order valence-corrected chi connectivity index (χ3v) is 3.25. The van der Waals surface area contributed by atoms with Gasteiger partial charge in [0.05, 0.1) is 5.52 Å². The largest absolute Gasteiger partial charge is 0.505 e. The highest BCUT2D eigenvalue weighted by molar-refractivity contribution is 6.07. The number of carboxylic acid groups (broad SMARTS) is 1. The van der Waals surface area contributed by atoms with Crippen molar-refractivity contribution in [1.29, 1.82) is 0 Å². The van der Waals surface area contributed by atoms with Gasteiger partial charge in [-0.15, -0.1) is 0 Å². The van der Waals surface area contributed by atoms with Crippen molar-refractivity contribution in [1.82, 2.24) is 4.98 Å². The van der Waals surface area contributed by atoms with Gasteiger partial charge in [0, 0.05) is 10.9 Å². The summed E-state index contributed by atoms with van der Waals surface area (Å²) in [4.78, 5) is 15.6. The molecule has 22 heavy (non-hydrogen) atoms. The number of rotatable bonds is 2. The molecule has 0 bridgehead atoms. The number of hydrogen-bond acceptors (Lipinski definition) is 3. The molecular formula is C16H9F2NO3. The first-order chi connectivity index (χ1) is 10.5. The van der Waals surface area contributed by atoms with Crippen LogP contribution in [-0.2, 0) is 0 Å². The minimum atomic E-state index is -1.40. The molecule has 3 rings (SSSR count). The first-order valence-electron chi connectivity index (χ1n) is 6.29. The minimum Gasteiger partial charge on any atom is -0.505 e. The van der Waals surface area contributed by atoms with Crippen molar-refractivity contribution in [2.75, 3.05) is 0 Å². The quantitative estimate of drug-likeness (QED) is 0.759. The van der Waals surface area contributed by atoms with Gasteiger partial charge in [0.2, 0.25) is 0 Å². The predicted molar refractivity (Wildman–Crippen MR) is 75.7 cm³/mol. The SMILES string of the molecule is O=C(O)c1c(O)c(-c2ccc(F)cc2)nc2ccc(F)cc12. The van der Waals surface area contributed by atoms with Gasteiger partial charge in [0.25, 0.3) is 0 Å². The maximum absolute atomic E-state index is 13.3. The number of pyridine rings is 1. The van der Waals surface area contributed by atoms with Crippen molar-refractivity contribution >= 4 is 16.9 Å². The second kappa shape index (κ2) is 5.07. The first kappa shape index (κ1) is 13.9. The number of fused-ring (bicyclic) bond motifs is 1. The lowest BCUT2D eigenvalue weighted by atomic mass is 10.0. The maximum atomic E-state index is 13.3. The fraction of sp³-hybridized carbons (Fsp3) is 0. The van der Waals surface area contributed by atoms with Crippen LogP contribution in [0.4, 0.5) is 8.78 Å². The van der Waals surface area contributed by atoms with Crippen molar-refractivity contribution in [2.24, 2.45) is 0 Å². The van der Waals surface area contributed by atoms with Crippen molar-refractivity contribution in [2.45, 2.75) is 0 Å². The molecule has 0 radical (unpaired) electrons. The van der Waals surface area contributed by atoms with Crippen LogP contribution in [0, 0.1) is 11.6 Å². The van der Waals surface area contributed by atoms with Crippen LogP contribution in [0.15, 0.2) is 42.5 Å². The van der Waals surface area contributed by atoms with Gasteiger partial charge >= 0.3 is 5.97 Å². The Bertz CT molecular complexity index is 892. The molecule has 0 unspecified atom stereocenters. The van der Waals surface area contributed by atoms with Gasteiger partial charge in [0.15, 0.2) is 5.75 Å². The summed E-state index contributed by atoms with van der Waals surface area (Å²) < 4.78 is 26.3. The molecule has 1 aromatic heterocycles. The Morgan fingerprint density at radius 2 is 1.64 bits per heavy atom. The molecule has 0 aliphatic carbocycles.